The first-order valence-electron chi connectivity index (χ1n) is 3.24. The lowest BCUT2D eigenvalue weighted by Crippen LogP contribution is -1.88. The molecule has 0 radical (unpaired) electrons. The number of ether oxygens (including phenoxy) is 1. The molecule has 0 unspecified atom stereocenters. The lowest BCUT2D eigenvalue weighted by Gasteiger charge is -1.98. The topological polar surface area (TPSA) is 9.23 Å². The van der Waals surface area contributed by atoms with Crippen LogP contribution in [0.2, 0.25) is 0 Å². The zero-order valence-electron chi connectivity index (χ0n) is 5.84. The van der Waals surface area contributed by atoms with Crippen LogP contribution in [0.4, 0.5) is 0 Å². The molecule has 1 nitrogen and oxygen atoms in total. The summed E-state index contributed by atoms with van der Waals surface area (Å²) in [6, 6.07) is 0. The van der Waals surface area contributed by atoms with E-state index in [4.69, 9.17) is 4.74 Å². The average molecular weight is 134 g/mol. The van der Waals surface area contributed by atoms with Crippen molar-refractivity contribution in [2.75, 3.05) is 6.61 Å². The predicted molar refractivity (Wildman–Crippen MR) is 41.5 cm³/mol. The van der Waals surface area contributed by atoms with Gasteiger partial charge in [-0.3, -0.25) is 0 Å². The monoisotopic (exact) mass is 134 g/mol. The van der Waals surface area contributed by atoms with Crippen LogP contribution in [0.1, 0.15) is 6.42 Å². The Hall–Kier alpha value is -1.20. The minimum Gasteiger partial charge on any atom is -0.489 e. The minimum absolute atomic E-state index is 0.662. The van der Waals surface area contributed by atoms with Crippen LogP contribution in [0.3, 0.4) is 0 Å². The van der Waals surface area contributed by atoms with Crippen molar-refractivity contribution >= 4 is 0 Å². The zero-order chi connectivity index (χ0) is 7.23. The van der Waals surface area contributed by atoms with E-state index in [-0.39, 0.29) is 0 Å². The van der Waals surface area contributed by atoms with E-state index in [1.807, 2.05) is 6.08 Å². The van der Waals surface area contributed by atoms with Gasteiger partial charge < -0.3 is 4.74 Å². The van der Waals surface area contributed by atoms with E-state index in [2.05, 4.69) is 24.5 Å². The SMILES string of the molecule is C=C=COCC1=CC=CC1. The van der Waals surface area contributed by atoms with E-state index in [1.54, 1.807) is 0 Å². The molecule has 0 bridgehead atoms. The van der Waals surface area contributed by atoms with Crippen molar-refractivity contribution in [2.24, 2.45) is 0 Å². The molecule has 0 aromatic rings. The highest BCUT2D eigenvalue weighted by atomic mass is 16.5. The molecule has 0 saturated carbocycles. The molecule has 10 heavy (non-hydrogen) atoms. The molecule has 0 aromatic heterocycles. The molecule has 0 N–H and O–H groups in total. The first kappa shape index (κ1) is 6.91. The molecule has 1 aliphatic carbocycles. The van der Waals surface area contributed by atoms with Gasteiger partial charge in [0.25, 0.3) is 0 Å². The Balaban J connectivity index is 2.21. The highest BCUT2D eigenvalue weighted by molar-refractivity contribution is 5.23. The van der Waals surface area contributed by atoms with Gasteiger partial charge in [0.05, 0.1) is 0 Å². The summed E-state index contributed by atoms with van der Waals surface area (Å²) in [4.78, 5) is 0. The highest BCUT2D eigenvalue weighted by Crippen LogP contribution is 2.09. The number of rotatable bonds is 3. The molecular weight excluding hydrogens is 124 g/mol. The second-order valence-corrected chi connectivity index (χ2v) is 2.09. The maximum absolute atomic E-state index is 5.06. The standard InChI is InChI=1S/C9H10O/c1-2-7-10-8-9-5-3-4-6-9/h3-5,7H,1,6,8H2. The number of allylic oxidation sites excluding steroid dienone is 3. The van der Waals surface area contributed by atoms with Crippen LogP contribution < -0.4 is 0 Å². The molecule has 0 aromatic carbocycles. The molecule has 1 aliphatic rings. The van der Waals surface area contributed by atoms with Gasteiger partial charge >= 0.3 is 0 Å². The fraction of sp³-hybridized carbons (Fsp3) is 0.222. The van der Waals surface area contributed by atoms with Crippen molar-refractivity contribution < 1.29 is 4.74 Å². The Bertz CT molecular complexity index is 205. The van der Waals surface area contributed by atoms with E-state index < -0.39 is 0 Å². The Morgan fingerprint density at radius 1 is 1.80 bits per heavy atom. The van der Waals surface area contributed by atoms with Gasteiger partial charge in [-0.2, -0.15) is 0 Å². The molecule has 0 saturated heterocycles. The van der Waals surface area contributed by atoms with Crippen molar-refractivity contribution in [2.45, 2.75) is 6.42 Å². The summed E-state index contributed by atoms with van der Waals surface area (Å²) in [5, 5.41) is 0. The van der Waals surface area contributed by atoms with Crippen LogP contribution in [0.25, 0.3) is 0 Å². The summed E-state index contributed by atoms with van der Waals surface area (Å²) >= 11 is 0. The number of hydrogen-bond donors (Lipinski definition) is 0. The summed E-state index contributed by atoms with van der Waals surface area (Å²) in [6.07, 6.45) is 8.72. The summed E-state index contributed by atoms with van der Waals surface area (Å²) < 4.78 is 5.06. The maximum atomic E-state index is 5.06. The van der Waals surface area contributed by atoms with Crippen LogP contribution in [-0.4, -0.2) is 6.61 Å². The second-order valence-electron chi connectivity index (χ2n) is 2.09. The molecular formula is C9H10O. The van der Waals surface area contributed by atoms with Crippen LogP contribution in [-0.2, 0) is 4.74 Å². The normalized spacial score (nSPS) is 14.2. The van der Waals surface area contributed by atoms with Crippen LogP contribution in [0.5, 0.6) is 0 Å². The Morgan fingerprint density at radius 2 is 2.70 bits per heavy atom. The zero-order valence-corrected chi connectivity index (χ0v) is 5.84. The largest absolute Gasteiger partial charge is 0.489 e. The van der Waals surface area contributed by atoms with Crippen molar-refractivity contribution in [3.8, 4) is 0 Å². The van der Waals surface area contributed by atoms with E-state index in [1.165, 1.54) is 11.8 Å². The van der Waals surface area contributed by atoms with Crippen LogP contribution >= 0.6 is 0 Å². The number of hydrogen-bond acceptors (Lipinski definition) is 1. The van der Waals surface area contributed by atoms with Gasteiger partial charge in [0.15, 0.2) is 0 Å². The Morgan fingerprint density at radius 3 is 3.30 bits per heavy atom. The summed E-state index contributed by atoms with van der Waals surface area (Å²) in [5.41, 5.74) is 3.84. The smallest absolute Gasteiger partial charge is 0.125 e. The Kier molecular flexibility index (Phi) is 2.60. The quantitative estimate of drug-likeness (QED) is 0.424. The van der Waals surface area contributed by atoms with Gasteiger partial charge in [0.2, 0.25) is 0 Å². The summed E-state index contributed by atoms with van der Waals surface area (Å²) in [6.45, 7) is 4.05. The van der Waals surface area contributed by atoms with E-state index >= 15 is 0 Å². The van der Waals surface area contributed by atoms with E-state index in [0.717, 1.165) is 6.42 Å². The Labute approximate surface area is 61.0 Å². The predicted octanol–water partition coefficient (Wildman–Crippen LogP) is 2.19. The van der Waals surface area contributed by atoms with Crippen LogP contribution in [0.15, 0.2) is 42.4 Å². The molecule has 1 heteroatoms. The fourth-order valence-corrected chi connectivity index (χ4v) is 0.806. The van der Waals surface area contributed by atoms with Gasteiger partial charge in [0, 0.05) is 0 Å². The lowest BCUT2D eigenvalue weighted by molar-refractivity contribution is 0.280. The van der Waals surface area contributed by atoms with Gasteiger partial charge in [-0.25, -0.2) is 0 Å². The summed E-state index contributed by atoms with van der Waals surface area (Å²) in [7, 11) is 0. The summed E-state index contributed by atoms with van der Waals surface area (Å²) in [5.74, 6) is 0. The molecule has 0 amide bonds. The molecule has 0 aliphatic heterocycles. The van der Waals surface area contributed by atoms with Gasteiger partial charge in [0.1, 0.15) is 12.9 Å². The van der Waals surface area contributed by atoms with Crippen LogP contribution in [0, 0.1) is 0 Å². The second kappa shape index (κ2) is 3.76. The van der Waals surface area contributed by atoms with Crippen molar-refractivity contribution in [3.63, 3.8) is 0 Å². The molecule has 0 atom stereocenters. The molecule has 0 spiro atoms. The van der Waals surface area contributed by atoms with E-state index in [0.29, 0.717) is 6.61 Å². The third-order valence-electron chi connectivity index (χ3n) is 1.28. The van der Waals surface area contributed by atoms with Gasteiger partial charge in [-0.15, -0.1) is 0 Å². The van der Waals surface area contributed by atoms with E-state index in [9.17, 15) is 0 Å². The fourth-order valence-electron chi connectivity index (χ4n) is 0.806. The van der Waals surface area contributed by atoms with Gasteiger partial charge in [-0.05, 0) is 12.0 Å². The average Bonchev–Trinajstić information content (AvgIpc) is 2.41. The van der Waals surface area contributed by atoms with Crippen molar-refractivity contribution in [1.82, 2.24) is 0 Å². The maximum Gasteiger partial charge on any atom is 0.125 e. The van der Waals surface area contributed by atoms with Gasteiger partial charge in [-0.1, -0.05) is 30.5 Å². The molecule has 0 fully saturated rings. The molecule has 0 heterocycles. The minimum atomic E-state index is 0.662. The first-order valence-corrected chi connectivity index (χ1v) is 3.24. The molecule has 1 rings (SSSR count). The third-order valence-corrected chi connectivity index (χ3v) is 1.28. The van der Waals surface area contributed by atoms with Crippen molar-refractivity contribution in [1.29, 1.82) is 0 Å². The van der Waals surface area contributed by atoms with Crippen molar-refractivity contribution in [3.05, 3.63) is 42.4 Å². The highest BCUT2D eigenvalue weighted by Gasteiger charge is 1.96. The first-order chi connectivity index (χ1) is 4.93. The molecule has 52 valence electrons. The third kappa shape index (κ3) is 1.96. The lowest BCUT2D eigenvalue weighted by atomic mass is 10.2.